The lowest BCUT2D eigenvalue weighted by molar-refractivity contribution is 0.242. The first kappa shape index (κ1) is 16.0. The zero-order chi connectivity index (χ0) is 15.1. The average Bonchev–Trinajstić information content (AvgIpc) is 2.96. The van der Waals surface area contributed by atoms with Gasteiger partial charge < -0.3 is 14.6 Å². The topological polar surface area (TPSA) is 60.2 Å². The maximum atomic E-state index is 5.71. The molecular formula is C15H20BrN3O2. The number of nitrogens with zero attached hydrogens (tertiary/aromatic N) is 2. The third-order valence-electron chi connectivity index (χ3n) is 2.95. The first-order valence-corrected chi connectivity index (χ1v) is 7.95. The number of nitrogens with one attached hydrogen (secondary N) is 1. The molecule has 0 atom stereocenters. The summed E-state index contributed by atoms with van der Waals surface area (Å²) >= 11 is 3.55. The van der Waals surface area contributed by atoms with Crippen LogP contribution in [-0.2, 0) is 19.6 Å². The van der Waals surface area contributed by atoms with Crippen LogP contribution in [0.5, 0.6) is 5.75 Å². The zero-order valence-electron chi connectivity index (χ0n) is 12.4. The minimum Gasteiger partial charge on any atom is -0.484 e. The van der Waals surface area contributed by atoms with E-state index >= 15 is 0 Å². The number of benzene rings is 1. The molecule has 21 heavy (non-hydrogen) atoms. The van der Waals surface area contributed by atoms with Gasteiger partial charge in [-0.1, -0.05) is 34.9 Å². The van der Waals surface area contributed by atoms with E-state index in [1.807, 2.05) is 25.1 Å². The molecule has 0 aliphatic heterocycles. The normalized spacial score (nSPS) is 10.8. The Balaban J connectivity index is 1.94. The molecule has 5 nitrogen and oxygen atoms in total. The van der Waals surface area contributed by atoms with Crippen LogP contribution in [0.15, 0.2) is 27.2 Å². The third-order valence-corrected chi connectivity index (χ3v) is 3.72. The van der Waals surface area contributed by atoms with Crippen molar-refractivity contribution in [3.8, 4) is 5.75 Å². The summed E-state index contributed by atoms with van der Waals surface area (Å²) in [5.41, 5.74) is 1.17. The standard InChI is InChI=1S/C15H20BrN3O2/c1-3-7-17-9-11-8-12(5-6-13(11)16)20-10-15-18-14(4-2)19-21-15/h5-6,8,17H,3-4,7,9-10H2,1-2H3. The van der Waals surface area contributed by atoms with Gasteiger partial charge in [0.1, 0.15) is 5.75 Å². The molecule has 1 heterocycles. The number of hydrogen-bond donors (Lipinski definition) is 1. The van der Waals surface area contributed by atoms with E-state index in [-0.39, 0.29) is 6.61 Å². The van der Waals surface area contributed by atoms with Gasteiger partial charge in [-0.15, -0.1) is 0 Å². The van der Waals surface area contributed by atoms with Crippen LogP contribution in [0.4, 0.5) is 0 Å². The maximum absolute atomic E-state index is 5.71. The summed E-state index contributed by atoms with van der Waals surface area (Å²) in [6.07, 6.45) is 1.87. The molecule has 0 amide bonds. The van der Waals surface area contributed by atoms with Gasteiger partial charge in [-0.3, -0.25) is 0 Å². The number of aromatic nitrogens is 2. The molecular weight excluding hydrogens is 334 g/mol. The van der Waals surface area contributed by atoms with E-state index in [9.17, 15) is 0 Å². The Morgan fingerprint density at radius 1 is 1.33 bits per heavy atom. The summed E-state index contributed by atoms with van der Waals surface area (Å²) in [5, 5.41) is 7.22. The van der Waals surface area contributed by atoms with Crippen LogP contribution in [0.3, 0.4) is 0 Å². The summed E-state index contributed by atoms with van der Waals surface area (Å²) in [7, 11) is 0. The first-order valence-electron chi connectivity index (χ1n) is 7.16. The van der Waals surface area contributed by atoms with Crippen molar-refractivity contribution in [3.05, 3.63) is 40.0 Å². The van der Waals surface area contributed by atoms with Crippen LogP contribution >= 0.6 is 15.9 Å². The SMILES string of the molecule is CCCNCc1cc(OCc2nc(CC)no2)ccc1Br. The number of halogens is 1. The monoisotopic (exact) mass is 353 g/mol. The van der Waals surface area contributed by atoms with Gasteiger partial charge in [0, 0.05) is 17.4 Å². The van der Waals surface area contributed by atoms with E-state index < -0.39 is 0 Å². The Labute approximate surface area is 133 Å². The average molecular weight is 354 g/mol. The Morgan fingerprint density at radius 2 is 2.19 bits per heavy atom. The van der Waals surface area contributed by atoms with Crippen LogP contribution in [0, 0.1) is 0 Å². The minimum atomic E-state index is 0.288. The Bertz CT molecular complexity index is 572. The van der Waals surface area contributed by atoms with Gasteiger partial charge in [0.2, 0.25) is 0 Å². The lowest BCUT2D eigenvalue weighted by Gasteiger charge is -2.09. The molecule has 0 saturated heterocycles. The molecule has 6 heteroatoms. The Kier molecular flexibility index (Phi) is 6.20. The number of rotatable bonds is 8. The second kappa shape index (κ2) is 8.14. The summed E-state index contributed by atoms with van der Waals surface area (Å²) in [4.78, 5) is 4.22. The lowest BCUT2D eigenvalue weighted by atomic mass is 10.2. The Morgan fingerprint density at radius 3 is 2.90 bits per heavy atom. The second-order valence-electron chi connectivity index (χ2n) is 4.68. The van der Waals surface area contributed by atoms with Gasteiger partial charge in [-0.05, 0) is 36.7 Å². The number of ether oxygens (including phenoxy) is 1. The van der Waals surface area contributed by atoms with Crippen molar-refractivity contribution in [1.82, 2.24) is 15.5 Å². The predicted molar refractivity (Wildman–Crippen MR) is 84.1 cm³/mol. The van der Waals surface area contributed by atoms with Gasteiger partial charge in [-0.25, -0.2) is 0 Å². The molecule has 0 saturated carbocycles. The van der Waals surface area contributed by atoms with Crippen molar-refractivity contribution in [1.29, 1.82) is 0 Å². The molecule has 114 valence electrons. The molecule has 0 aliphatic rings. The number of hydrogen-bond acceptors (Lipinski definition) is 5. The van der Waals surface area contributed by atoms with Gasteiger partial charge in [-0.2, -0.15) is 4.98 Å². The van der Waals surface area contributed by atoms with Crippen LogP contribution < -0.4 is 10.1 Å². The van der Waals surface area contributed by atoms with E-state index in [2.05, 4.69) is 38.3 Å². The fourth-order valence-electron chi connectivity index (χ4n) is 1.81. The highest BCUT2D eigenvalue weighted by atomic mass is 79.9. The maximum Gasteiger partial charge on any atom is 0.264 e. The molecule has 0 bridgehead atoms. The summed E-state index contributed by atoms with van der Waals surface area (Å²) in [5.74, 6) is 2.00. The molecule has 1 N–H and O–H groups in total. The second-order valence-corrected chi connectivity index (χ2v) is 5.53. The van der Waals surface area contributed by atoms with Crippen molar-refractivity contribution < 1.29 is 9.26 Å². The quantitative estimate of drug-likeness (QED) is 0.736. The van der Waals surface area contributed by atoms with Crippen LogP contribution in [0.1, 0.15) is 37.5 Å². The van der Waals surface area contributed by atoms with E-state index in [1.165, 1.54) is 5.56 Å². The molecule has 0 radical (unpaired) electrons. The van der Waals surface area contributed by atoms with E-state index in [4.69, 9.17) is 9.26 Å². The highest BCUT2D eigenvalue weighted by Gasteiger charge is 2.07. The molecule has 2 rings (SSSR count). The predicted octanol–water partition coefficient (Wildman–Crippen LogP) is 3.47. The van der Waals surface area contributed by atoms with E-state index in [0.29, 0.717) is 11.7 Å². The van der Waals surface area contributed by atoms with Crippen molar-refractivity contribution in [3.63, 3.8) is 0 Å². The summed E-state index contributed by atoms with van der Waals surface area (Å²) in [6, 6.07) is 5.93. The van der Waals surface area contributed by atoms with Crippen molar-refractivity contribution in [2.75, 3.05) is 6.54 Å². The van der Waals surface area contributed by atoms with Crippen molar-refractivity contribution in [2.24, 2.45) is 0 Å². The van der Waals surface area contributed by atoms with Crippen LogP contribution in [0.2, 0.25) is 0 Å². The smallest absolute Gasteiger partial charge is 0.264 e. The lowest BCUT2D eigenvalue weighted by Crippen LogP contribution is -2.14. The molecule has 0 fully saturated rings. The fraction of sp³-hybridized carbons (Fsp3) is 0.467. The number of aryl methyl sites for hydroxylation is 1. The van der Waals surface area contributed by atoms with Gasteiger partial charge >= 0.3 is 0 Å². The highest BCUT2D eigenvalue weighted by molar-refractivity contribution is 9.10. The Hall–Kier alpha value is -1.40. The molecule has 1 aromatic carbocycles. The molecule has 0 aliphatic carbocycles. The van der Waals surface area contributed by atoms with Crippen LogP contribution in [0.25, 0.3) is 0 Å². The van der Waals surface area contributed by atoms with Crippen LogP contribution in [-0.4, -0.2) is 16.7 Å². The van der Waals surface area contributed by atoms with E-state index in [0.717, 1.165) is 36.2 Å². The zero-order valence-corrected chi connectivity index (χ0v) is 13.9. The highest BCUT2D eigenvalue weighted by Crippen LogP contribution is 2.23. The van der Waals surface area contributed by atoms with Gasteiger partial charge in [0.15, 0.2) is 12.4 Å². The molecule has 2 aromatic rings. The summed E-state index contributed by atoms with van der Waals surface area (Å²) in [6.45, 7) is 6.23. The van der Waals surface area contributed by atoms with Crippen molar-refractivity contribution >= 4 is 15.9 Å². The van der Waals surface area contributed by atoms with Crippen molar-refractivity contribution in [2.45, 2.75) is 39.8 Å². The molecule has 0 spiro atoms. The molecule has 1 aromatic heterocycles. The fourth-order valence-corrected chi connectivity index (χ4v) is 2.20. The van der Waals surface area contributed by atoms with Gasteiger partial charge in [0.05, 0.1) is 0 Å². The van der Waals surface area contributed by atoms with Gasteiger partial charge in [0.25, 0.3) is 5.89 Å². The molecule has 0 unspecified atom stereocenters. The minimum absolute atomic E-state index is 0.288. The largest absolute Gasteiger partial charge is 0.484 e. The first-order chi connectivity index (χ1) is 10.2. The van der Waals surface area contributed by atoms with E-state index in [1.54, 1.807) is 0 Å². The third kappa shape index (κ3) is 4.82. The summed E-state index contributed by atoms with van der Waals surface area (Å²) < 4.78 is 11.9.